The number of rotatable bonds is 6. The monoisotopic (exact) mass is 437 g/mol. The Morgan fingerprint density at radius 1 is 1.23 bits per heavy atom. The van der Waals surface area contributed by atoms with Crippen LogP contribution in [0.1, 0.15) is 38.6 Å². The van der Waals surface area contributed by atoms with Crippen LogP contribution in [0.15, 0.2) is 34.3 Å². The van der Waals surface area contributed by atoms with E-state index in [1.54, 1.807) is 11.6 Å². The molecule has 9 heteroatoms. The molecule has 3 aromatic heterocycles. The summed E-state index contributed by atoms with van der Waals surface area (Å²) in [5.41, 5.74) is 5.43. The molecule has 0 saturated heterocycles. The standard InChI is InChI=1S/C22H23N5O3S/c1-12-7-6-8-13(2)20(12)29-10-17-15(4)30-26-19(17)21(28)24-22-23-18(11-31-22)16-9-27(5)25-14(16)3/h6-9,11H,10H2,1-5H3,(H,23,24,28). The zero-order chi connectivity index (χ0) is 22.1. The van der Waals surface area contributed by atoms with Crippen LogP contribution in [0.3, 0.4) is 0 Å². The Hall–Kier alpha value is -3.46. The van der Waals surface area contributed by atoms with Crippen LogP contribution in [0.4, 0.5) is 5.13 Å². The number of aryl methyl sites for hydroxylation is 5. The second-order valence-electron chi connectivity index (χ2n) is 7.37. The molecule has 0 aliphatic rings. The predicted octanol–water partition coefficient (Wildman–Crippen LogP) is 4.60. The number of hydrogen-bond acceptors (Lipinski definition) is 7. The fourth-order valence-corrected chi connectivity index (χ4v) is 4.08. The van der Waals surface area contributed by atoms with E-state index in [9.17, 15) is 4.79 Å². The highest BCUT2D eigenvalue weighted by molar-refractivity contribution is 7.14. The zero-order valence-corrected chi connectivity index (χ0v) is 18.8. The van der Waals surface area contributed by atoms with Crippen LogP contribution in [-0.4, -0.2) is 25.8 Å². The van der Waals surface area contributed by atoms with Gasteiger partial charge in [0, 0.05) is 24.2 Å². The summed E-state index contributed by atoms with van der Waals surface area (Å²) in [6.07, 6.45) is 1.90. The summed E-state index contributed by atoms with van der Waals surface area (Å²) in [5, 5.41) is 13.5. The highest BCUT2D eigenvalue weighted by Gasteiger charge is 2.22. The first-order valence-corrected chi connectivity index (χ1v) is 10.6. The molecule has 8 nitrogen and oxygen atoms in total. The molecule has 0 unspecified atom stereocenters. The van der Waals surface area contributed by atoms with Crippen molar-refractivity contribution in [1.29, 1.82) is 0 Å². The maximum atomic E-state index is 12.9. The highest BCUT2D eigenvalue weighted by Crippen LogP contribution is 2.28. The number of carbonyl (C=O) groups excluding carboxylic acids is 1. The van der Waals surface area contributed by atoms with E-state index in [4.69, 9.17) is 9.26 Å². The summed E-state index contributed by atoms with van der Waals surface area (Å²) in [6, 6.07) is 5.96. The van der Waals surface area contributed by atoms with E-state index in [-0.39, 0.29) is 18.2 Å². The second kappa shape index (κ2) is 8.35. The highest BCUT2D eigenvalue weighted by atomic mass is 32.1. The van der Waals surface area contributed by atoms with Gasteiger partial charge in [-0.15, -0.1) is 11.3 Å². The van der Waals surface area contributed by atoms with Gasteiger partial charge in [0.1, 0.15) is 18.1 Å². The summed E-state index contributed by atoms with van der Waals surface area (Å²) < 4.78 is 13.0. The number of hydrogen-bond donors (Lipinski definition) is 1. The van der Waals surface area contributed by atoms with Crippen molar-refractivity contribution in [3.8, 4) is 17.0 Å². The van der Waals surface area contributed by atoms with E-state index < -0.39 is 0 Å². The normalized spacial score (nSPS) is 11.0. The minimum absolute atomic E-state index is 0.182. The SMILES string of the molecule is Cc1cccc(C)c1OCc1c(C(=O)Nc2nc(-c3cn(C)nc3C)cs2)noc1C. The van der Waals surface area contributed by atoms with Gasteiger partial charge in [-0.2, -0.15) is 5.10 Å². The van der Waals surface area contributed by atoms with Gasteiger partial charge in [0.15, 0.2) is 10.8 Å². The Bertz CT molecular complexity index is 1230. The number of benzene rings is 1. The van der Waals surface area contributed by atoms with Gasteiger partial charge in [-0.3, -0.25) is 14.8 Å². The van der Waals surface area contributed by atoms with Gasteiger partial charge >= 0.3 is 0 Å². The summed E-state index contributed by atoms with van der Waals surface area (Å²) in [7, 11) is 1.86. The van der Waals surface area contributed by atoms with Gasteiger partial charge in [-0.05, 0) is 38.8 Å². The third-order valence-electron chi connectivity index (χ3n) is 4.98. The molecule has 0 fully saturated rings. The fraction of sp³-hybridized carbons (Fsp3) is 0.273. The van der Waals surface area contributed by atoms with Crippen molar-refractivity contribution in [2.45, 2.75) is 34.3 Å². The van der Waals surface area contributed by atoms with Gasteiger partial charge in [-0.25, -0.2) is 4.98 Å². The maximum Gasteiger partial charge on any atom is 0.280 e. The van der Waals surface area contributed by atoms with Crippen LogP contribution in [-0.2, 0) is 13.7 Å². The number of thiazole rings is 1. The third-order valence-corrected chi connectivity index (χ3v) is 5.74. The average molecular weight is 438 g/mol. The smallest absolute Gasteiger partial charge is 0.280 e. The molecule has 0 bridgehead atoms. The van der Waals surface area contributed by atoms with E-state index >= 15 is 0 Å². The predicted molar refractivity (Wildman–Crippen MR) is 118 cm³/mol. The molecule has 1 aromatic carbocycles. The van der Waals surface area contributed by atoms with Crippen LogP contribution in [0.2, 0.25) is 0 Å². The molecule has 0 saturated carbocycles. The molecule has 0 radical (unpaired) electrons. The molecule has 1 N–H and O–H groups in total. The summed E-state index contributed by atoms with van der Waals surface area (Å²) in [6.45, 7) is 7.84. The Balaban J connectivity index is 1.51. The molecule has 0 spiro atoms. The number of amides is 1. The topological polar surface area (TPSA) is 95.1 Å². The molecule has 0 aliphatic heterocycles. The number of nitrogens with zero attached hydrogens (tertiary/aromatic N) is 4. The number of anilines is 1. The van der Waals surface area contributed by atoms with Gasteiger partial charge in [-0.1, -0.05) is 23.4 Å². The zero-order valence-electron chi connectivity index (χ0n) is 18.0. The summed E-state index contributed by atoms with van der Waals surface area (Å²) in [5.74, 6) is 0.953. The van der Waals surface area contributed by atoms with E-state index in [1.165, 1.54) is 11.3 Å². The van der Waals surface area contributed by atoms with E-state index in [0.29, 0.717) is 16.5 Å². The van der Waals surface area contributed by atoms with Crippen LogP contribution in [0.5, 0.6) is 5.75 Å². The lowest BCUT2D eigenvalue weighted by molar-refractivity contribution is 0.101. The van der Waals surface area contributed by atoms with Crippen molar-refractivity contribution in [2.24, 2.45) is 7.05 Å². The van der Waals surface area contributed by atoms with Crippen LogP contribution >= 0.6 is 11.3 Å². The maximum absolute atomic E-state index is 12.9. The molecule has 31 heavy (non-hydrogen) atoms. The van der Waals surface area contributed by atoms with Gasteiger partial charge in [0.05, 0.1) is 17.0 Å². The Morgan fingerprint density at radius 3 is 2.65 bits per heavy atom. The van der Waals surface area contributed by atoms with Crippen molar-refractivity contribution in [2.75, 3.05) is 5.32 Å². The minimum Gasteiger partial charge on any atom is -0.488 e. The Morgan fingerprint density at radius 2 is 1.97 bits per heavy atom. The number of para-hydroxylation sites is 1. The third kappa shape index (κ3) is 4.22. The minimum atomic E-state index is -0.388. The van der Waals surface area contributed by atoms with E-state index in [0.717, 1.165) is 33.8 Å². The number of carbonyl (C=O) groups is 1. The van der Waals surface area contributed by atoms with Crippen LogP contribution in [0.25, 0.3) is 11.3 Å². The number of aromatic nitrogens is 4. The summed E-state index contributed by atoms with van der Waals surface area (Å²) in [4.78, 5) is 17.4. The largest absolute Gasteiger partial charge is 0.488 e. The lowest BCUT2D eigenvalue weighted by Crippen LogP contribution is -2.15. The van der Waals surface area contributed by atoms with Gasteiger partial charge < -0.3 is 9.26 Å². The average Bonchev–Trinajstić information content (AvgIpc) is 3.40. The summed E-state index contributed by atoms with van der Waals surface area (Å²) >= 11 is 1.34. The van der Waals surface area contributed by atoms with Crippen molar-refractivity contribution in [1.82, 2.24) is 19.9 Å². The molecule has 0 aliphatic carbocycles. The van der Waals surface area contributed by atoms with Crippen molar-refractivity contribution >= 4 is 22.4 Å². The lowest BCUT2D eigenvalue weighted by Gasteiger charge is -2.11. The van der Waals surface area contributed by atoms with Crippen molar-refractivity contribution in [3.05, 3.63) is 63.6 Å². The first kappa shape index (κ1) is 20.8. The molecule has 1 amide bonds. The molecular weight excluding hydrogens is 414 g/mol. The fourth-order valence-electron chi connectivity index (χ4n) is 3.37. The number of ether oxygens (including phenoxy) is 1. The lowest BCUT2D eigenvalue weighted by atomic mass is 10.1. The molecule has 4 aromatic rings. The van der Waals surface area contributed by atoms with Crippen molar-refractivity contribution < 1.29 is 14.1 Å². The Labute approximate surface area is 183 Å². The molecule has 160 valence electrons. The van der Waals surface area contributed by atoms with Gasteiger partial charge in [0.2, 0.25) is 0 Å². The van der Waals surface area contributed by atoms with Crippen LogP contribution in [0, 0.1) is 27.7 Å². The van der Waals surface area contributed by atoms with E-state index in [1.807, 2.05) is 57.6 Å². The molecule has 0 atom stereocenters. The molecule has 3 heterocycles. The quantitative estimate of drug-likeness (QED) is 0.474. The van der Waals surface area contributed by atoms with Gasteiger partial charge in [0.25, 0.3) is 5.91 Å². The first-order valence-electron chi connectivity index (χ1n) is 9.75. The van der Waals surface area contributed by atoms with Crippen molar-refractivity contribution in [3.63, 3.8) is 0 Å². The van der Waals surface area contributed by atoms with Crippen LogP contribution < -0.4 is 10.1 Å². The first-order chi connectivity index (χ1) is 14.8. The number of nitrogens with one attached hydrogen (secondary N) is 1. The second-order valence-corrected chi connectivity index (χ2v) is 8.23. The van der Waals surface area contributed by atoms with E-state index in [2.05, 4.69) is 20.6 Å². The Kier molecular flexibility index (Phi) is 5.60. The molecular formula is C22H23N5O3S. The molecule has 4 rings (SSSR count).